The predicted octanol–water partition coefficient (Wildman–Crippen LogP) is 3.73. The maximum absolute atomic E-state index is 13.2. The van der Waals surface area contributed by atoms with Crippen LogP contribution in [-0.2, 0) is 11.3 Å². The van der Waals surface area contributed by atoms with Crippen molar-refractivity contribution in [1.29, 1.82) is 0 Å². The van der Waals surface area contributed by atoms with Gasteiger partial charge < -0.3 is 14.2 Å². The van der Waals surface area contributed by atoms with Crippen LogP contribution >= 0.6 is 0 Å². The highest BCUT2D eigenvalue weighted by molar-refractivity contribution is 6.06. The Bertz CT molecular complexity index is 939. The van der Waals surface area contributed by atoms with Gasteiger partial charge >= 0.3 is 5.97 Å². The summed E-state index contributed by atoms with van der Waals surface area (Å²) in [7, 11) is 1.32. The normalized spacial score (nSPS) is 10.5. The highest BCUT2D eigenvalue weighted by atomic mass is 16.5. The summed E-state index contributed by atoms with van der Waals surface area (Å²) in [4.78, 5) is 39.7. The van der Waals surface area contributed by atoms with E-state index in [1.54, 1.807) is 36.6 Å². The van der Waals surface area contributed by atoms with Crippen LogP contribution in [-0.4, -0.2) is 47.3 Å². The van der Waals surface area contributed by atoms with E-state index in [-0.39, 0.29) is 24.8 Å². The zero-order valence-corrected chi connectivity index (χ0v) is 17.7. The number of hydrogen-bond acceptors (Lipinski definition) is 4. The second-order valence-corrected chi connectivity index (χ2v) is 6.93. The van der Waals surface area contributed by atoms with Gasteiger partial charge in [0.15, 0.2) is 5.78 Å². The van der Waals surface area contributed by atoms with E-state index in [1.165, 1.54) is 12.0 Å². The molecule has 0 unspecified atom stereocenters. The first-order valence-electron chi connectivity index (χ1n) is 9.54. The molecule has 2 rings (SSSR count). The van der Waals surface area contributed by atoms with E-state index >= 15 is 0 Å². The van der Waals surface area contributed by atoms with Crippen molar-refractivity contribution in [3.05, 3.63) is 70.6 Å². The second kappa shape index (κ2) is 9.37. The van der Waals surface area contributed by atoms with E-state index in [0.717, 1.165) is 5.56 Å². The zero-order chi connectivity index (χ0) is 21.7. The molecule has 0 spiro atoms. The van der Waals surface area contributed by atoms with Gasteiger partial charge in [0.05, 0.1) is 13.7 Å². The van der Waals surface area contributed by atoms with Crippen molar-refractivity contribution in [3.8, 4) is 0 Å². The Morgan fingerprint density at radius 3 is 2.28 bits per heavy atom. The molecule has 0 aliphatic rings. The number of amides is 1. The van der Waals surface area contributed by atoms with E-state index in [0.29, 0.717) is 34.6 Å². The van der Waals surface area contributed by atoms with E-state index in [1.807, 2.05) is 26.0 Å². The van der Waals surface area contributed by atoms with Crippen LogP contribution in [0.5, 0.6) is 0 Å². The number of Topliss-reactive ketones (excluding diaryl/α,β-unsaturated/α-hetero) is 1. The van der Waals surface area contributed by atoms with Crippen molar-refractivity contribution in [2.24, 2.45) is 0 Å². The number of nitrogens with zero attached hydrogens (tertiary/aromatic N) is 2. The van der Waals surface area contributed by atoms with Crippen molar-refractivity contribution in [2.75, 3.05) is 20.2 Å². The minimum absolute atomic E-state index is 0.102. The molecule has 2 aromatic rings. The van der Waals surface area contributed by atoms with Gasteiger partial charge in [-0.15, -0.1) is 6.58 Å². The second-order valence-electron chi connectivity index (χ2n) is 6.93. The molecule has 0 fully saturated rings. The van der Waals surface area contributed by atoms with Crippen LogP contribution in [0.25, 0.3) is 0 Å². The number of aryl methyl sites for hydroxylation is 1. The van der Waals surface area contributed by atoms with Gasteiger partial charge in [-0.3, -0.25) is 9.59 Å². The Kier molecular flexibility index (Phi) is 7.15. The van der Waals surface area contributed by atoms with Gasteiger partial charge in [-0.1, -0.05) is 23.8 Å². The van der Waals surface area contributed by atoms with Crippen LogP contribution in [0.1, 0.15) is 54.9 Å². The highest BCUT2D eigenvalue weighted by Gasteiger charge is 2.28. The lowest BCUT2D eigenvalue weighted by molar-refractivity contribution is 0.0587. The average Bonchev–Trinajstić information content (AvgIpc) is 2.96. The topological polar surface area (TPSA) is 68.6 Å². The highest BCUT2D eigenvalue weighted by Crippen LogP contribution is 2.24. The third-order valence-electron chi connectivity index (χ3n) is 5.01. The summed E-state index contributed by atoms with van der Waals surface area (Å²) in [5.74, 6) is -0.943. The Balaban J connectivity index is 2.39. The number of hydrogen-bond donors (Lipinski definition) is 0. The Labute approximate surface area is 171 Å². The fourth-order valence-corrected chi connectivity index (χ4v) is 3.57. The minimum atomic E-state index is -0.481. The number of methoxy groups -OCH3 is 1. The summed E-state index contributed by atoms with van der Waals surface area (Å²) in [5, 5.41) is 0. The lowest BCUT2D eigenvalue weighted by Crippen LogP contribution is -2.36. The largest absolute Gasteiger partial charge is 0.464 e. The van der Waals surface area contributed by atoms with E-state index < -0.39 is 5.97 Å². The Morgan fingerprint density at radius 2 is 1.76 bits per heavy atom. The molecule has 154 valence electrons. The number of esters is 1. The smallest absolute Gasteiger partial charge is 0.354 e. The standard InChI is InChI=1S/C23H28N2O4/c1-7-13-24(22(27)18-11-9-15(3)10-12-18)14-19(26)20-16(4)21(23(28)29-6)25(8-2)17(20)5/h7,9-12H,1,8,13-14H2,2-6H3. The van der Waals surface area contributed by atoms with Crippen LogP contribution in [0.4, 0.5) is 0 Å². The van der Waals surface area contributed by atoms with Crippen LogP contribution < -0.4 is 0 Å². The summed E-state index contributed by atoms with van der Waals surface area (Å²) in [6, 6.07) is 7.22. The van der Waals surface area contributed by atoms with Gasteiger partial charge in [-0.25, -0.2) is 4.79 Å². The molecular weight excluding hydrogens is 368 g/mol. The molecule has 0 atom stereocenters. The SMILES string of the molecule is C=CCN(CC(=O)c1c(C)c(C(=O)OC)n(CC)c1C)C(=O)c1ccc(C)cc1. The lowest BCUT2D eigenvalue weighted by atomic mass is 10.0. The number of aromatic nitrogens is 1. The van der Waals surface area contributed by atoms with Crippen molar-refractivity contribution < 1.29 is 19.1 Å². The number of ketones is 1. The van der Waals surface area contributed by atoms with Crippen LogP contribution in [0, 0.1) is 20.8 Å². The molecule has 6 nitrogen and oxygen atoms in total. The van der Waals surface area contributed by atoms with Gasteiger partial charge in [-0.2, -0.15) is 0 Å². The number of ether oxygens (including phenoxy) is 1. The number of carbonyl (C=O) groups excluding carboxylic acids is 3. The van der Waals surface area contributed by atoms with Gasteiger partial charge in [0.25, 0.3) is 5.91 Å². The maximum atomic E-state index is 13.2. The number of carbonyl (C=O) groups is 3. The van der Waals surface area contributed by atoms with Crippen molar-refractivity contribution >= 4 is 17.7 Å². The summed E-state index contributed by atoms with van der Waals surface area (Å²) >= 11 is 0. The quantitative estimate of drug-likeness (QED) is 0.387. The first-order valence-corrected chi connectivity index (χ1v) is 9.54. The first-order chi connectivity index (χ1) is 13.8. The van der Waals surface area contributed by atoms with Gasteiger partial charge in [-0.05, 0) is 45.4 Å². The van der Waals surface area contributed by atoms with Crippen molar-refractivity contribution in [1.82, 2.24) is 9.47 Å². The Morgan fingerprint density at radius 1 is 1.14 bits per heavy atom. The summed E-state index contributed by atoms with van der Waals surface area (Å²) < 4.78 is 6.66. The molecule has 0 aliphatic heterocycles. The van der Waals surface area contributed by atoms with E-state index in [9.17, 15) is 14.4 Å². The number of rotatable bonds is 8. The Hall–Kier alpha value is -3.15. The summed E-state index contributed by atoms with van der Waals surface area (Å²) in [6.45, 7) is 11.8. The molecule has 0 radical (unpaired) electrons. The monoisotopic (exact) mass is 396 g/mol. The molecule has 1 heterocycles. The van der Waals surface area contributed by atoms with Crippen LogP contribution in [0.15, 0.2) is 36.9 Å². The molecule has 0 bridgehead atoms. The van der Waals surface area contributed by atoms with Gasteiger partial charge in [0, 0.05) is 29.9 Å². The molecule has 0 N–H and O–H groups in total. The molecule has 29 heavy (non-hydrogen) atoms. The van der Waals surface area contributed by atoms with Gasteiger partial charge in [0.1, 0.15) is 5.69 Å². The summed E-state index contributed by atoms with van der Waals surface area (Å²) in [6.07, 6.45) is 1.59. The molecule has 0 aliphatic carbocycles. The molecule has 1 amide bonds. The zero-order valence-electron chi connectivity index (χ0n) is 17.7. The molecule has 1 aromatic carbocycles. The molecule has 0 saturated carbocycles. The van der Waals surface area contributed by atoms with E-state index in [2.05, 4.69) is 6.58 Å². The predicted molar refractivity (Wildman–Crippen MR) is 113 cm³/mol. The first kappa shape index (κ1) is 22.1. The summed E-state index contributed by atoms with van der Waals surface area (Å²) in [5.41, 5.74) is 3.66. The third kappa shape index (κ3) is 4.47. The maximum Gasteiger partial charge on any atom is 0.354 e. The third-order valence-corrected chi connectivity index (χ3v) is 5.01. The van der Waals surface area contributed by atoms with Gasteiger partial charge in [0.2, 0.25) is 0 Å². The van der Waals surface area contributed by atoms with Crippen molar-refractivity contribution in [3.63, 3.8) is 0 Å². The molecular formula is C23H28N2O4. The van der Waals surface area contributed by atoms with Crippen LogP contribution in [0.3, 0.4) is 0 Å². The fourth-order valence-electron chi connectivity index (χ4n) is 3.57. The van der Waals surface area contributed by atoms with Crippen molar-refractivity contribution in [2.45, 2.75) is 34.2 Å². The minimum Gasteiger partial charge on any atom is -0.464 e. The number of benzene rings is 1. The fraction of sp³-hybridized carbons (Fsp3) is 0.348. The molecule has 6 heteroatoms. The molecule has 1 aromatic heterocycles. The van der Waals surface area contributed by atoms with E-state index in [4.69, 9.17) is 4.74 Å². The molecule has 0 saturated heterocycles. The average molecular weight is 396 g/mol. The lowest BCUT2D eigenvalue weighted by Gasteiger charge is -2.21. The van der Waals surface area contributed by atoms with Crippen LogP contribution in [0.2, 0.25) is 0 Å².